The molecule has 7 heteroatoms. The largest absolute Gasteiger partial charge is 0.335 e. The van der Waals surface area contributed by atoms with E-state index in [1.165, 1.54) is 13.5 Å². The van der Waals surface area contributed by atoms with E-state index in [1.807, 2.05) is 0 Å². The highest BCUT2D eigenvalue weighted by Crippen LogP contribution is 2.36. The Labute approximate surface area is 133 Å². The quantitative estimate of drug-likeness (QED) is 0.848. The molecule has 1 amide bonds. The summed E-state index contributed by atoms with van der Waals surface area (Å²) < 4.78 is 41.1. The average Bonchev–Trinajstić information content (AvgIpc) is 3.14. The normalized spacial score (nSPS) is 23.0. The molecule has 1 aromatic rings. The van der Waals surface area contributed by atoms with Crippen LogP contribution in [0.3, 0.4) is 0 Å². The maximum atomic E-state index is 14.2. The maximum Gasteiger partial charge on any atom is 0.283 e. The van der Waals surface area contributed by atoms with Crippen LogP contribution in [0.5, 0.6) is 0 Å². The van der Waals surface area contributed by atoms with Crippen LogP contribution in [0.25, 0.3) is 0 Å². The monoisotopic (exact) mass is 329 g/mol. The molecule has 1 atom stereocenters. The number of likely N-dealkylation sites (tertiary alicyclic amines) is 1. The molecule has 0 aromatic carbocycles. The third kappa shape index (κ3) is 2.97. The van der Waals surface area contributed by atoms with Gasteiger partial charge in [0.2, 0.25) is 5.95 Å². The van der Waals surface area contributed by atoms with Gasteiger partial charge in [0.05, 0.1) is 0 Å². The fourth-order valence-corrected chi connectivity index (χ4v) is 4.07. The number of halogens is 3. The van der Waals surface area contributed by atoms with Gasteiger partial charge in [0.1, 0.15) is 11.3 Å². The second kappa shape index (κ2) is 6.53. The number of aromatic nitrogens is 2. The number of rotatable bonds is 3. The van der Waals surface area contributed by atoms with Crippen LogP contribution in [0.15, 0.2) is 0 Å². The lowest BCUT2D eigenvalue weighted by Crippen LogP contribution is -2.41. The molecule has 0 bridgehead atoms. The summed E-state index contributed by atoms with van der Waals surface area (Å²) in [5.74, 6) is -1.19. The van der Waals surface area contributed by atoms with Crippen LogP contribution in [-0.2, 0) is 7.05 Å². The SMILES string of the molecule is Cn1nc(C(F)F)c(C(=O)N2CCCC2C2CCCCC2)c1F. The summed E-state index contributed by atoms with van der Waals surface area (Å²) in [6.45, 7) is 0.511. The average molecular weight is 329 g/mol. The van der Waals surface area contributed by atoms with Gasteiger partial charge in [-0.2, -0.15) is 9.49 Å². The summed E-state index contributed by atoms with van der Waals surface area (Å²) >= 11 is 0. The van der Waals surface area contributed by atoms with E-state index in [2.05, 4.69) is 5.10 Å². The Balaban J connectivity index is 1.87. The van der Waals surface area contributed by atoms with Crippen molar-refractivity contribution < 1.29 is 18.0 Å². The minimum Gasteiger partial charge on any atom is -0.335 e. The standard InChI is InChI=1S/C16H22F3N3O/c1-21-15(19)12(13(20-21)14(17)18)16(23)22-9-5-8-11(22)10-6-3-2-4-7-10/h10-11,14H,2-9H2,1H3. The van der Waals surface area contributed by atoms with Crippen molar-refractivity contribution in [2.45, 2.75) is 57.4 Å². The number of carbonyl (C=O) groups is 1. The summed E-state index contributed by atoms with van der Waals surface area (Å²) in [7, 11) is 1.24. The molecule has 0 N–H and O–H groups in total. The predicted octanol–water partition coefficient (Wildman–Crippen LogP) is 3.68. The molecule has 1 unspecified atom stereocenters. The van der Waals surface area contributed by atoms with Crippen LogP contribution in [0.1, 0.15) is 67.4 Å². The fourth-order valence-electron chi connectivity index (χ4n) is 4.07. The first-order valence-corrected chi connectivity index (χ1v) is 8.32. The summed E-state index contributed by atoms with van der Waals surface area (Å²) in [5, 5.41) is 3.48. The molecule has 3 rings (SSSR count). The van der Waals surface area contributed by atoms with Crippen LogP contribution in [-0.4, -0.2) is 33.2 Å². The number of amides is 1. The number of nitrogens with zero attached hydrogens (tertiary/aromatic N) is 3. The molecule has 1 aliphatic heterocycles. The van der Waals surface area contributed by atoms with Crippen LogP contribution >= 0.6 is 0 Å². The van der Waals surface area contributed by atoms with E-state index in [0.717, 1.165) is 43.2 Å². The van der Waals surface area contributed by atoms with Gasteiger partial charge in [-0.15, -0.1) is 0 Å². The van der Waals surface area contributed by atoms with Crippen molar-refractivity contribution in [3.63, 3.8) is 0 Å². The van der Waals surface area contributed by atoms with Crippen molar-refractivity contribution in [1.82, 2.24) is 14.7 Å². The van der Waals surface area contributed by atoms with Crippen LogP contribution in [0.2, 0.25) is 0 Å². The van der Waals surface area contributed by atoms with E-state index in [9.17, 15) is 18.0 Å². The van der Waals surface area contributed by atoms with Crippen LogP contribution in [0, 0.1) is 11.9 Å². The van der Waals surface area contributed by atoms with Gasteiger partial charge in [0, 0.05) is 19.6 Å². The van der Waals surface area contributed by atoms with E-state index in [4.69, 9.17) is 0 Å². The van der Waals surface area contributed by atoms with E-state index in [-0.39, 0.29) is 6.04 Å². The predicted molar refractivity (Wildman–Crippen MR) is 78.8 cm³/mol. The molecular formula is C16H22F3N3O. The molecule has 1 aromatic heterocycles. The van der Waals surface area contributed by atoms with Crippen molar-refractivity contribution in [3.8, 4) is 0 Å². The van der Waals surface area contributed by atoms with E-state index < -0.39 is 29.5 Å². The van der Waals surface area contributed by atoms with Crippen molar-refractivity contribution in [2.24, 2.45) is 13.0 Å². The zero-order chi connectivity index (χ0) is 16.6. The molecule has 0 radical (unpaired) electrons. The van der Waals surface area contributed by atoms with Gasteiger partial charge in [-0.25, -0.2) is 13.5 Å². The maximum absolute atomic E-state index is 14.2. The van der Waals surface area contributed by atoms with Crippen LogP contribution < -0.4 is 0 Å². The fraction of sp³-hybridized carbons (Fsp3) is 0.750. The summed E-state index contributed by atoms with van der Waals surface area (Å²) in [6, 6.07) is 0.0490. The lowest BCUT2D eigenvalue weighted by molar-refractivity contribution is 0.0645. The molecule has 0 spiro atoms. The molecule has 1 saturated carbocycles. The zero-order valence-electron chi connectivity index (χ0n) is 13.3. The number of hydrogen-bond acceptors (Lipinski definition) is 2. The third-order valence-corrected chi connectivity index (χ3v) is 5.18. The van der Waals surface area contributed by atoms with Gasteiger partial charge in [-0.1, -0.05) is 19.3 Å². The number of alkyl halides is 2. The Morgan fingerprint density at radius 2 is 1.87 bits per heavy atom. The summed E-state index contributed by atoms with van der Waals surface area (Å²) in [6.07, 6.45) is 4.39. The third-order valence-electron chi connectivity index (χ3n) is 5.18. The molecule has 4 nitrogen and oxygen atoms in total. The van der Waals surface area contributed by atoms with E-state index in [0.29, 0.717) is 12.5 Å². The second-order valence-electron chi connectivity index (χ2n) is 6.58. The molecule has 2 heterocycles. The first-order chi connectivity index (χ1) is 11.0. The van der Waals surface area contributed by atoms with Crippen molar-refractivity contribution in [3.05, 3.63) is 17.2 Å². The van der Waals surface area contributed by atoms with Gasteiger partial charge in [0.15, 0.2) is 0 Å². The zero-order valence-corrected chi connectivity index (χ0v) is 13.3. The van der Waals surface area contributed by atoms with Gasteiger partial charge in [-0.3, -0.25) is 4.79 Å². The first kappa shape index (κ1) is 16.3. The number of aryl methyl sites for hydroxylation is 1. The first-order valence-electron chi connectivity index (χ1n) is 8.32. The topological polar surface area (TPSA) is 38.1 Å². The lowest BCUT2D eigenvalue weighted by atomic mass is 9.83. The highest BCUT2D eigenvalue weighted by molar-refractivity contribution is 5.96. The van der Waals surface area contributed by atoms with Gasteiger partial charge < -0.3 is 4.90 Å². The van der Waals surface area contributed by atoms with E-state index >= 15 is 0 Å². The van der Waals surface area contributed by atoms with Gasteiger partial charge in [0.25, 0.3) is 12.3 Å². The Morgan fingerprint density at radius 1 is 1.17 bits per heavy atom. The molecule has 128 valence electrons. The van der Waals surface area contributed by atoms with Crippen molar-refractivity contribution >= 4 is 5.91 Å². The Hall–Kier alpha value is -1.53. The summed E-state index contributed by atoms with van der Waals surface area (Å²) in [4.78, 5) is 14.4. The Bertz CT molecular complexity index is 581. The van der Waals surface area contributed by atoms with Crippen molar-refractivity contribution in [1.29, 1.82) is 0 Å². The van der Waals surface area contributed by atoms with E-state index in [1.54, 1.807) is 4.90 Å². The van der Waals surface area contributed by atoms with Gasteiger partial charge in [-0.05, 0) is 31.6 Å². The minimum atomic E-state index is -2.96. The Morgan fingerprint density at radius 3 is 2.52 bits per heavy atom. The molecule has 2 fully saturated rings. The summed E-state index contributed by atoms with van der Waals surface area (Å²) in [5.41, 5.74) is -1.30. The van der Waals surface area contributed by atoms with Crippen LogP contribution in [0.4, 0.5) is 13.2 Å². The second-order valence-corrected chi connectivity index (χ2v) is 6.58. The van der Waals surface area contributed by atoms with Gasteiger partial charge >= 0.3 is 0 Å². The highest BCUT2D eigenvalue weighted by Gasteiger charge is 2.39. The lowest BCUT2D eigenvalue weighted by Gasteiger charge is -2.34. The Kier molecular flexibility index (Phi) is 4.64. The molecule has 23 heavy (non-hydrogen) atoms. The molecule has 1 aliphatic carbocycles. The molecular weight excluding hydrogens is 307 g/mol. The number of hydrogen-bond donors (Lipinski definition) is 0. The smallest absolute Gasteiger partial charge is 0.283 e. The highest BCUT2D eigenvalue weighted by atomic mass is 19.3. The number of carbonyl (C=O) groups excluding carboxylic acids is 1. The molecule has 2 aliphatic rings. The van der Waals surface area contributed by atoms with Crippen molar-refractivity contribution in [2.75, 3.05) is 6.54 Å². The molecule has 1 saturated heterocycles. The minimum absolute atomic E-state index is 0.0490.